The summed E-state index contributed by atoms with van der Waals surface area (Å²) >= 11 is 18.4. The number of rotatable bonds is 6. The second-order valence-electron chi connectivity index (χ2n) is 5.90. The van der Waals surface area contributed by atoms with Gasteiger partial charge in [0.1, 0.15) is 0 Å². The van der Waals surface area contributed by atoms with Crippen molar-refractivity contribution in [3.63, 3.8) is 0 Å². The first-order valence-electron chi connectivity index (χ1n) is 7.01. The van der Waals surface area contributed by atoms with Gasteiger partial charge in [0.25, 0.3) is 0 Å². The van der Waals surface area contributed by atoms with Gasteiger partial charge in [-0.05, 0) is 32.9 Å². The number of methoxy groups -OCH3 is 3. The Morgan fingerprint density at radius 1 is 1.00 bits per heavy atom. The molecule has 0 aromatic heterocycles. The molecule has 138 valence electrons. The van der Waals surface area contributed by atoms with Crippen molar-refractivity contribution >= 4 is 45.8 Å². The Labute approximate surface area is 160 Å². The molecule has 5 nitrogen and oxygen atoms in total. The molecule has 0 aliphatic heterocycles. The Balaban J connectivity index is 3.47. The molecular formula is C15H22Cl3NO4S. The van der Waals surface area contributed by atoms with E-state index < -0.39 is 25.6 Å². The highest BCUT2D eigenvalue weighted by Crippen LogP contribution is 2.48. The molecule has 0 amide bonds. The molecule has 0 spiro atoms. The normalized spacial score (nSPS) is 14.9. The van der Waals surface area contributed by atoms with E-state index in [1.807, 2.05) is 20.8 Å². The number of ether oxygens (including phenoxy) is 3. The van der Waals surface area contributed by atoms with Gasteiger partial charge in [-0.3, -0.25) is 0 Å². The molecule has 1 rings (SSSR count). The van der Waals surface area contributed by atoms with Gasteiger partial charge in [-0.2, -0.15) is 0 Å². The van der Waals surface area contributed by atoms with E-state index in [1.54, 1.807) is 12.1 Å². The molecule has 1 aromatic rings. The minimum atomic E-state index is -1.77. The Bertz CT molecular complexity index is 600. The van der Waals surface area contributed by atoms with Crippen LogP contribution in [0, 0.1) is 0 Å². The lowest BCUT2D eigenvalue weighted by atomic mass is 10.1. The zero-order valence-corrected chi connectivity index (χ0v) is 17.5. The van der Waals surface area contributed by atoms with E-state index in [-0.39, 0.29) is 0 Å². The lowest BCUT2D eigenvalue weighted by Crippen LogP contribution is -2.40. The standard InChI is InChI=1S/C15H22Cl3NO4S/c1-14(2,3)24(20)19-13(15(16,17)18)9-7-8-10(21-4)12(23-6)11(9)22-5/h7-8,13,19H,1-6H3/t13-,24+/m0/s1. The van der Waals surface area contributed by atoms with Crippen molar-refractivity contribution < 1.29 is 18.4 Å². The summed E-state index contributed by atoms with van der Waals surface area (Å²) in [6.07, 6.45) is 0. The van der Waals surface area contributed by atoms with E-state index in [4.69, 9.17) is 49.0 Å². The van der Waals surface area contributed by atoms with Crippen LogP contribution in [0.5, 0.6) is 17.2 Å². The molecule has 0 fully saturated rings. The van der Waals surface area contributed by atoms with Gasteiger partial charge >= 0.3 is 0 Å². The Hall–Kier alpha value is -0.400. The van der Waals surface area contributed by atoms with E-state index in [0.717, 1.165) is 0 Å². The fraction of sp³-hybridized carbons (Fsp3) is 0.600. The van der Waals surface area contributed by atoms with Gasteiger partial charge in [0, 0.05) is 5.56 Å². The van der Waals surface area contributed by atoms with Crippen molar-refractivity contribution in [2.75, 3.05) is 21.3 Å². The molecule has 0 bridgehead atoms. The van der Waals surface area contributed by atoms with Crippen molar-refractivity contribution in [3.05, 3.63) is 17.7 Å². The summed E-state index contributed by atoms with van der Waals surface area (Å²) in [4.78, 5) is 0. The van der Waals surface area contributed by atoms with Gasteiger partial charge in [-0.15, -0.1) is 0 Å². The number of halogens is 3. The molecule has 0 aliphatic carbocycles. The Morgan fingerprint density at radius 3 is 1.92 bits per heavy atom. The summed E-state index contributed by atoms with van der Waals surface area (Å²) in [5.74, 6) is 1.17. The first-order chi connectivity index (χ1) is 11.0. The fourth-order valence-electron chi connectivity index (χ4n) is 1.94. The molecule has 0 saturated heterocycles. The largest absolute Gasteiger partial charge is 0.493 e. The Kier molecular flexibility index (Phi) is 7.50. The average molecular weight is 419 g/mol. The summed E-state index contributed by atoms with van der Waals surface area (Å²) in [5.41, 5.74) is 0.493. The molecule has 0 radical (unpaired) electrons. The maximum Gasteiger partial charge on any atom is 0.210 e. The molecular weight excluding hydrogens is 397 g/mol. The number of benzene rings is 1. The number of hydrogen-bond donors (Lipinski definition) is 1. The second-order valence-corrected chi connectivity index (χ2v) is 10.3. The lowest BCUT2D eigenvalue weighted by Gasteiger charge is -2.30. The predicted molar refractivity (Wildman–Crippen MR) is 100 cm³/mol. The topological polar surface area (TPSA) is 56.8 Å². The van der Waals surface area contributed by atoms with E-state index in [9.17, 15) is 4.21 Å². The molecule has 9 heteroatoms. The highest BCUT2D eigenvalue weighted by Gasteiger charge is 2.39. The van der Waals surface area contributed by atoms with Crippen LogP contribution in [0.15, 0.2) is 12.1 Å². The first kappa shape index (κ1) is 21.6. The van der Waals surface area contributed by atoms with E-state index in [2.05, 4.69) is 4.72 Å². The summed E-state index contributed by atoms with van der Waals surface area (Å²) in [7, 11) is 2.99. The van der Waals surface area contributed by atoms with Gasteiger partial charge in [-0.25, -0.2) is 8.93 Å². The number of nitrogens with one attached hydrogen (secondary N) is 1. The van der Waals surface area contributed by atoms with Gasteiger partial charge in [0.05, 0.1) is 43.1 Å². The van der Waals surface area contributed by atoms with E-state index in [1.165, 1.54) is 21.3 Å². The van der Waals surface area contributed by atoms with Crippen LogP contribution in [0.3, 0.4) is 0 Å². The highest BCUT2D eigenvalue weighted by molar-refractivity contribution is 7.84. The number of alkyl halides is 3. The quantitative estimate of drug-likeness (QED) is 0.704. The molecule has 0 aliphatic rings. The highest BCUT2D eigenvalue weighted by atomic mass is 35.6. The fourth-order valence-corrected chi connectivity index (χ4v) is 3.52. The maximum absolute atomic E-state index is 12.5. The van der Waals surface area contributed by atoms with Crippen molar-refractivity contribution in [1.82, 2.24) is 4.72 Å². The SMILES string of the molecule is COc1ccc([C@H](N[S@](=O)C(C)(C)C)C(Cl)(Cl)Cl)c(OC)c1OC. The summed E-state index contributed by atoms with van der Waals surface area (Å²) in [6, 6.07) is 2.46. The Morgan fingerprint density at radius 2 is 1.54 bits per heavy atom. The molecule has 24 heavy (non-hydrogen) atoms. The van der Waals surface area contributed by atoms with Crippen LogP contribution >= 0.6 is 34.8 Å². The number of hydrogen-bond acceptors (Lipinski definition) is 4. The second kappa shape index (κ2) is 8.32. The van der Waals surface area contributed by atoms with Gasteiger partial charge in [-0.1, -0.05) is 34.8 Å². The summed E-state index contributed by atoms with van der Waals surface area (Å²) in [5, 5.41) is 0. The van der Waals surface area contributed by atoms with Crippen LogP contribution in [-0.4, -0.2) is 34.1 Å². The third-order valence-electron chi connectivity index (χ3n) is 3.15. The lowest BCUT2D eigenvalue weighted by molar-refractivity contribution is 0.320. The van der Waals surface area contributed by atoms with Crippen molar-refractivity contribution in [3.8, 4) is 17.2 Å². The average Bonchev–Trinajstić information content (AvgIpc) is 2.48. The molecule has 0 saturated carbocycles. The minimum absolute atomic E-state index is 0.339. The van der Waals surface area contributed by atoms with Crippen LogP contribution in [0.1, 0.15) is 32.4 Å². The van der Waals surface area contributed by atoms with E-state index >= 15 is 0 Å². The first-order valence-corrected chi connectivity index (χ1v) is 9.29. The van der Waals surface area contributed by atoms with Crippen LogP contribution in [0.25, 0.3) is 0 Å². The van der Waals surface area contributed by atoms with E-state index in [0.29, 0.717) is 22.8 Å². The zero-order valence-electron chi connectivity index (χ0n) is 14.4. The van der Waals surface area contributed by atoms with Crippen LogP contribution in [0.4, 0.5) is 0 Å². The minimum Gasteiger partial charge on any atom is -0.493 e. The van der Waals surface area contributed by atoms with Crippen molar-refractivity contribution in [2.24, 2.45) is 0 Å². The summed E-state index contributed by atoms with van der Waals surface area (Å²) in [6.45, 7) is 5.45. The van der Waals surface area contributed by atoms with Crippen LogP contribution < -0.4 is 18.9 Å². The monoisotopic (exact) mass is 417 g/mol. The maximum atomic E-state index is 12.5. The van der Waals surface area contributed by atoms with Crippen molar-refractivity contribution in [1.29, 1.82) is 0 Å². The molecule has 1 N–H and O–H groups in total. The third-order valence-corrected chi connectivity index (χ3v) is 5.37. The predicted octanol–water partition coefficient (Wildman–Crippen LogP) is 4.18. The molecule has 0 heterocycles. The molecule has 0 unspecified atom stereocenters. The third kappa shape index (κ3) is 5.05. The van der Waals surface area contributed by atoms with Gasteiger partial charge < -0.3 is 14.2 Å². The smallest absolute Gasteiger partial charge is 0.210 e. The van der Waals surface area contributed by atoms with Gasteiger partial charge in [0.2, 0.25) is 9.54 Å². The van der Waals surface area contributed by atoms with Crippen molar-refractivity contribution in [2.45, 2.75) is 35.4 Å². The van der Waals surface area contributed by atoms with Crippen LogP contribution in [0.2, 0.25) is 0 Å². The molecule has 2 atom stereocenters. The molecule has 1 aromatic carbocycles. The van der Waals surface area contributed by atoms with Crippen LogP contribution in [-0.2, 0) is 11.0 Å². The summed E-state index contributed by atoms with van der Waals surface area (Å²) < 4.78 is 29.1. The van der Waals surface area contributed by atoms with Gasteiger partial charge in [0.15, 0.2) is 11.5 Å². The zero-order chi connectivity index (χ0) is 18.7.